The van der Waals surface area contributed by atoms with Crippen molar-refractivity contribution in [1.82, 2.24) is 0 Å². The first-order valence-electron chi connectivity index (χ1n) is 5.06. The van der Waals surface area contributed by atoms with Gasteiger partial charge in [0.15, 0.2) is 0 Å². The van der Waals surface area contributed by atoms with Crippen molar-refractivity contribution in [3.63, 3.8) is 0 Å². The molecular formula is C10H20INS. The van der Waals surface area contributed by atoms with Gasteiger partial charge in [-0.15, -0.1) is 0 Å². The van der Waals surface area contributed by atoms with Crippen molar-refractivity contribution in [3.05, 3.63) is 0 Å². The number of hydrogen-bond acceptors (Lipinski definition) is 2. The van der Waals surface area contributed by atoms with Crippen LogP contribution in [0.1, 0.15) is 33.6 Å². The molecule has 0 aliphatic heterocycles. The number of alkyl halides is 1. The van der Waals surface area contributed by atoms with Gasteiger partial charge in [-0.25, -0.2) is 0 Å². The van der Waals surface area contributed by atoms with Crippen LogP contribution < -0.4 is 5.73 Å². The Balaban J connectivity index is 2.53. The predicted molar refractivity (Wildman–Crippen MR) is 70.7 cm³/mol. The van der Waals surface area contributed by atoms with Crippen molar-refractivity contribution in [2.45, 2.75) is 48.3 Å². The van der Waals surface area contributed by atoms with Gasteiger partial charge in [0.1, 0.15) is 0 Å². The van der Waals surface area contributed by atoms with E-state index in [0.29, 0.717) is 9.46 Å². The van der Waals surface area contributed by atoms with Gasteiger partial charge in [0.25, 0.3) is 0 Å². The van der Waals surface area contributed by atoms with Gasteiger partial charge >= 0.3 is 0 Å². The molecule has 0 aromatic heterocycles. The van der Waals surface area contributed by atoms with Crippen LogP contribution >= 0.6 is 34.4 Å². The van der Waals surface area contributed by atoms with E-state index in [1.807, 2.05) is 0 Å². The van der Waals surface area contributed by atoms with Crippen LogP contribution in [0.25, 0.3) is 0 Å². The van der Waals surface area contributed by atoms with E-state index in [1.165, 1.54) is 18.6 Å². The minimum Gasteiger partial charge on any atom is -0.327 e. The van der Waals surface area contributed by atoms with Gasteiger partial charge in [-0.05, 0) is 31.4 Å². The Labute approximate surface area is 99.7 Å². The van der Waals surface area contributed by atoms with E-state index < -0.39 is 0 Å². The minimum absolute atomic E-state index is 0.385. The molecule has 3 heteroatoms. The van der Waals surface area contributed by atoms with Gasteiger partial charge in [0.2, 0.25) is 0 Å². The third-order valence-electron chi connectivity index (χ3n) is 3.26. The van der Waals surface area contributed by atoms with Crippen LogP contribution in [0, 0.1) is 5.92 Å². The highest BCUT2D eigenvalue weighted by Crippen LogP contribution is 2.46. The fraction of sp³-hybridized carbons (Fsp3) is 1.00. The summed E-state index contributed by atoms with van der Waals surface area (Å²) in [7, 11) is 0. The molecule has 0 aromatic rings. The summed E-state index contributed by atoms with van der Waals surface area (Å²) in [5.41, 5.74) is 6.03. The topological polar surface area (TPSA) is 26.0 Å². The van der Waals surface area contributed by atoms with Gasteiger partial charge in [-0.1, -0.05) is 36.4 Å². The van der Waals surface area contributed by atoms with Crippen LogP contribution in [0.4, 0.5) is 0 Å². The van der Waals surface area contributed by atoms with Crippen LogP contribution in [0.3, 0.4) is 0 Å². The highest BCUT2D eigenvalue weighted by atomic mass is 127. The van der Waals surface area contributed by atoms with Crippen molar-refractivity contribution in [2.75, 3.05) is 5.75 Å². The van der Waals surface area contributed by atoms with E-state index in [2.05, 4.69) is 55.1 Å². The van der Waals surface area contributed by atoms with Crippen molar-refractivity contribution in [1.29, 1.82) is 0 Å². The Hall–Kier alpha value is 1.04. The Morgan fingerprint density at radius 1 is 1.62 bits per heavy atom. The highest BCUT2D eigenvalue weighted by molar-refractivity contribution is 14.1. The molecule has 0 amide bonds. The molecule has 1 nitrogen and oxygen atoms in total. The summed E-state index contributed by atoms with van der Waals surface area (Å²) in [6, 6.07) is 0.460. The zero-order valence-corrected chi connectivity index (χ0v) is 11.7. The molecule has 0 aromatic carbocycles. The fourth-order valence-electron chi connectivity index (χ4n) is 1.94. The summed E-state index contributed by atoms with van der Waals surface area (Å²) in [6.07, 6.45) is 2.56. The lowest BCUT2D eigenvalue weighted by Gasteiger charge is -2.46. The summed E-state index contributed by atoms with van der Waals surface area (Å²) >= 11 is 4.67. The quantitative estimate of drug-likeness (QED) is 0.638. The molecule has 1 saturated carbocycles. The van der Waals surface area contributed by atoms with Gasteiger partial charge in [0, 0.05) is 14.7 Å². The Bertz CT molecular complexity index is 172. The Morgan fingerprint density at radius 2 is 2.23 bits per heavy atom. The first kappa shape index (κ1) is 12.1. The maximum absolute atomic E-state index is 6.03. The lowest BCUT2D eigenvalue weighted by molar-refractivity contribution is 0.210. The minimum atomic E-state index is 0.385. The van der Waals surface area contributed by atoms with Crippen molar-refractivity contribution in [3.8, 4) is 0 Å². The molecule has 0 radical (unpaired) electrons. The molecule has 0 heterocycles. The first-order valence-corrected chi connectivity index (χ1v) is 7.19. The van der Waals surface area contributed by atoms with Gasteiger partial charge < -0.3 is 5.73 Å². The van der Waals surface area contributed by atoms with Crippen LogP contribution in [0.15, 0.2) is 0 Å². The van der Waals surface area contributed by atoms with Crippen molar-refractivity contribution in [2.24, 2.45) is 11.7 Å². The summed E-state index contributed by atoms with van der Waals surface area (Å²) < 4.78 is 0.385. The van der Waals surface area contributed by atoms with E-state index in [1.54, 1.807) is 0 Å². The standard InChI is InChI=1S/C10H20INS/c1-4-13-7(2)10(3,11)8-5-6-9(8)12/h7-9H,4-6,12H2,1-3H3. The second-order valence-corrected chi connectivity index (χ2v) is 8.04. The van der Waals surface area contributed by atoms with Gasteiger partial charge in [-0.3, -0.25) is 0 Å². The molecule has 1 fully saturated rings. The monoisotopic (exact) mass is 313 g/mol. The van der Waals surface area contributed by atoms with Crippen molar-refractivity contribution >= 4 is 34.4 Å². The first-order chi connectivity index (χ1) is 6.00. The molecule has 13 heavy (non-hydrogen) atoms. The summed E-state index contributed by atoms with van der Waals surface area (Å²) in [5, 5.41) is 0.717. The Kier molecular flexibility index (Phi) is 4.39. The lowest BCUT2D eigenvalue weighted by atomic mass is 9.71. The van der Waals surface area contributed by atoms with Crippen molar-refractivity contribution < 1.29 is 0 Å². The largest absolute Gasteiger partial charge is 0.327 e. The average molecular weight is 313 g/mol. The summed E-state index contributed by atoms with van der Waals surface area (Å²) in [5.74, 6) is 1.95. The molecule has 4 atom stereocenters. The van der Waals surface area contributed by atoms with Gasteiger partial charge in [0.05, 0.1) is 0 Å². The molecule has 1 aliphatic carbocycles. The summed E-state index contributed by atoms with van der Waals surface area (Å²) in [6.45, 7) is 6.94. The molecule has 0 spiro atoms. The van der Waals surface area contributed by atoms with Crippen LogP contribution in [0.5, 0.6) is 0 Å². The highest BCUT2D eigenvalue weighted by Gasteiger charge is 2.44. The molecule has 1 aliphatic rings. The second kappa shape index (κ2) is 4.71. The molecular weight excluding hydrogens is 293 g/mol. The number of hydrogen-bond donors (Lipinski definition) is 1. The number of thioether (sulfide) groups is 1. The predicted octanol–water partition coefficient (Wildman–Crippen LogP) is 3.06. The van der Waals surface area contributed by atoms with E-state index >= 15 is 0 Å². The average Bonchev–Trinajstić information content (AvgIpc) is 2.01. The van der Waals surface area contributed by atoms with E-state index in [-0.39, 0.29) is 0 Å². The van der Waals surface area contributed by atoms with Crippen LogP contribution in [-0.2, 0) is 0 Å². The van der Waals surface area contributed by atoms with E-state index in [4.69, 9.17) is 5.73 Å². The Morgan fingerprint density at radius 3 is 2.54 bits per heavy atom. The third kappa shape index (κ3) is 2.53. The normalized spacial score (nSPS) is 34.8. The molecule has 2 N–H and O–H groups in total. The SMILES string of the molecule is CCSC(C)C(C)(I)C1CCC1N. The smallest absolute Gasteiger partial charge is 0.0352 e. The van der Waals surface area contributed by atoms with E-state index in [0.717, 1.165) is 11.2 Å². The molecule has 4 unspecified atom stereocenters. The maximum atomic E-state index is 6.03. The summed E-state index contributed by atoms with van der Waals surface area (Å²) in [4.78, 5) is 0. The lowest BCUT2D eigenvalue weighted by Crippen LogP contribution is -2.52. The third-order valence-corrected chi connectivity index (χ3v) is 6.74. The zero-order chi connectivity index (χ0) is 10.1. The number of halogens is 1. The molecule has 0 bridgehead atoms. The second-order valence-electron chi connectivity index (χ2n) is 4.10. The number of rotatable bonds is 4. The molecule has 1 rings (SSSR count). The van der Waals surface area contributed by atoms with Gasteiger partial charge in [-0.2, -0.15) is 11.8 Å². The maximum Gasteiger partial charge on any atom is 0.0352 e. The van der Waals surface area contributed by atoms with Crippen LogP contribution in [0.2, 0.25) is 0 Å². The molecule has 0 saturated heterocycles. The van der Waals surface area contributed by atoms with Crippen LogP contribution in [-0.4, -0.2) is 20.5 Å². The number of nitrogens with two attached hydrogens (primary N) is 1. The van der Waals surface area contributed by atoms with E-state index in [9.17, 15) is 0 Å². The fourth-order valence-corrected chi connectivity index (χ4v) is 4.25. The zero-order valence-electron chi connectivity index (χ0n) is 8.72. The molecule has 78 valence electrons.